The molecule has 0 radical (unpaired) electrons. The van der Waals surface area contributed by atoms with Gasteiger partial charge in [0.25, 0.3) is 0 Å². The fourth-order valence-corrected chi connectivity index (χ4v) is 5.26. The molecule has 0 bridgehead atoms. The average molecular weight is 687 g/mol. The molecule has 3 aromatic heterocycles. The normalized spacial score (nSPS) is 10.5. The van der Waals surface area contributed by atoms with Crippen molar-refractivity contribution < 1.29 is 23.8 Å². The van der Waals surface area contributed by atoms with Crippen molar-refractivity contribution in [3.8, 4) is 34.6 Å². The molecule has 0 atom stereocenters. The van der Waals surface area contributed by atoms with Gasteiger partial charge in [-0.15, -0.1) is 5.10 Å². The van der Waals surface area contributed by atoms with Gasteiger partial charge in [0.1, 0.15) is 24.0 Å². The van der Waals surface area contributed by atoms with E-state index in [1.807, 2.05) is 0 Å². The van der Waals surface area contributed by atoms with E-state index in [4.69, 9.17) is 30.8 Å². The summed E-state index contributed by atoms with van der Waals surface area (Å²) in [5, 5.41) is 27.1. The standard InChI is InChI=1S/C31H27ClN10O5S/c1-45-23-11-18(12-24(46-2)28(23)47-3)27-22(14-33)29(35-20-8-6-7-19(32)13-20)39-31(38-27)48-17-21-15-42(41-40-21)16-26(43)37-30(44)36-25-9-4-5-10-34-25/h4-13,15H,16-17H2,1-3H3,(H,35,38,39)(H2,34,36,37,43,44). The molecular formula is C31H27ClN10O5S. The third-order valence-electron chi connectivity index (χ3n) is 6.43. The van der Waals surface area contributed by atoms with Gasteiger partial charge in [-0.2, -0.15) is 5.26 Å². The predicted molar refractivity (Wildman–Crippen MR) is 178 cm³/mol. The number of amides is 3. The minimum atomic E-state index is -0.724. The van der Waals surface area contributed by atoms with Crippen LogP contribution in [-0.4, -0.2) is 63.2 Å². The number of hydrogen-bond donors (Lipinski definition) is 3. The SMILES string of the molecule is COc1cc(-c2nc(SCc3cn(CC(=O)NC(=O)Nc4ccccn4)nn3)nc(Nc3cccc(Cl)c3)c2C#N)cc(OC)c1OC. The number of nitrogens with zero attached hydrogens (tertiary/aromatic N) is 7. The Bertz CT molecular complexity index is 1960. The molecular weight excluding hydrogens is 660 g/mol. The smallest absolute Gasteiger partial charge is 0.327 e. The van der Waals surface area contributed by atoms with Gasteiger partial charge in [0.15, 0.2) is 22.5 Å². The maximum atomic E-state index is 12.4. The van der Waals surface area contributed by atoms with E-state index in [2.05, 4.69) is 42.3 Å². The Labute approximate surface area is 283 Å². The summed E-state index contributed by atoms with van der Waals surface area (Å²) >= 11 is 7.43. The lowest BCUT2D eigenvalue weighted by molar-refractivity contribution is -0.120. The quantitative estimate of drug-likeness (QED) is 0.117. The van der Waals surface area contributed by atoms with E-state index in [-0.39, 0.29) is 23.7 Å². The molecule has 3 heterocycles. The van der Waals surface area contributed by atoms with Crippen molar-refractivity contribution in [2.45, 2.75) is 17.5 Å². The number of rotatable bonds is 12. The van der Waals surface area contributed by atoms with Crippen LogP contribution in [-0.2, 0) is 17.1 Å². The maximum absolute atomic E-state index is 12.4. The van der Waals surface area contributed by atoms with Crippen LogP contribution in [0, 0.1) is 11.3 Å². The van der Waals surface area contributed by atoms with Crippen LogP contribution in [0.15, 0.2) is 72.1 Å². The Morgan fingerprint density at radius 3 is 2.48 bits per heavy atom. The first-order valence-electron chi connectivity index (χ1n) is 14.0. The molecule has 17 heteroatoms. The zero-order valence-electron chi connectivity index (χ0n) is 25.7. The monoisotopic (exact) mass is 686 g/mol. The zero-order valence-corrected chi connectivity index (χ0v) is 27.3. The number of benzene rings is 2. The van der Waals surface area contributed by atoms with Crippen molar-refractivity contribution in [3.05, 3.63) is 83.3 Å². The van der Waals surface area contributed by atoms with Gasteiger partial charge in [-0.25, -0.2) is 24.4 Å². The third kappa shape index (κ3) is 8.26. The molecule has 5 rings (SSSR count). The molecule has 0 aliphatic carbocycles. The van der Waals surface area contributed by atoms with Crippen molar-refractivity contribution in [3.63, 3.8) is 0 Å². The van der Waals surface area contributed by atoms with E-state index in [0.29, 0.717) is 55.9 Å². The van der Waals surface area contributed by atoms with Crippen LogP contribution < -0.4 is 30.2 Å². The Morgan fingerprint density at radius 1 is 1.02 bits per heavy atom. The molecule has 0 spiro atoms. The summed E-state index contributed by atoms with van der Waals surface area (Å²) in [5.74, 6) is 1.34. The molecule has 0 aliphatic heterocycles. The summed E-state index contributed by atoms with van der Waals surface area (Å²) in [6.07, 6.45) is 3.08. The lowest BCUT2D eigenvalue weighted by atomic mass is 10.1. The Morgan fingerprint density at radius 2 is 1.81 bits per heavy atom. The van der Waals surface area contributed by atoms with E-state index < -0.39 is 11.9 Å². The number of carbonyl (C=O) groups excluding carboxylic acids is 2. The molecule has 3 amide bonds. The number of carbonyl (C=O) groups is 2. The second-order valence-corrected chi connectivity index (χ2v) is 11.0. The summed E-state index contributed by atoms with van der Waals surface area (Å²) in [5.41, 5.74) is 2.11. The maximum Gasteiger partial charge on any atom is 0.327 e. The average Bonchev–Trinajstić information content (AvgIpc) is 3.53. The van der Waals surface area contributed by atoms with Crippen LogP contribution in [0.5, 0.6) is 17.2 Å². The van der Waals surface area contributed by atoms with Gasteiger partial charge in [0.05, 0.1) is 32.7 Å². The highest BCUT2D eigenvalue weighted by atomic mass is 35.5. The Hall–Kier alpha value is -5.92. The molecule has 48 heavy (non-hydrogen) atoms. The first-order chi connectivity index (χ1) is 23.3. The minimum absolute atomic E-state index is 0.164. The number of nitriles is 1. The molecule has 0 unspecified atom stereocenters. The number of anilines is 3. The number of thioether (sulfide) groups is 1. The van der Waals surface area contributed by atoms with Gasteiger partial charge in [-0.3, -0.25) is 15.4 Å². The highest BCUT2D eigenvalue weighted by Gasteiger charge is 2.22. The molecule has 0 aliphatic rings. The number of halogens is 1. The molecule has 244 valence electrons. The van der Waals surface area contributed by atoms with Crippen LogP contribution in [0.2, 0.25) is 5.02 Å². The lowest BCUT2D eigenvalue weighted by Crippen LogP contribution is -2.36. The van der Waals surface area contributed by atoms with Crippen LogP contribution in [0.1, 0.15) is 11.3 Å². The number of imide groups is 1. The number of hydrogen-bond acceptors (Lipinski definition) is 13. The van der Waals surface area contributed by atoms with Crippen molar-refractivity contribution in [1.82, 2.24) is 35.3 Å². The molecule has 3 N–H and O–H groups in total. The van der Waals surface area contributed by atoms with Gasteiger partial charge < -0.3 is 19.5 Å². The van der Waals surface area contributed by atoms with E-state index in [1.54, 1.807) is 60.8 Å². The second-order valence-electron chi connectivity index (χ2n) is 9.65. The Balaban J connectivity index is 1.38. The number of urea groups is 1. The van der Waals surface area contributed by atoms with Crippen LogP contribution in [0.4, 0.5) is 22.1 Å². The second kappa shape index (κ2) is 15.6. The van der Waals surface area contributed by atoms with Crippen molar-refractivity contribution in [2.75, 3.05) is 32.0 Å². The molecule has 0 saturated carbocycles. The van der Waals surface area contributed by atoms with Crippen molar-refractivity contribution in [2.24, 2.45) is 0 Å². The molecule has 0 saturated heterocycles. The van der Waals surface area contributed by atoms with E-state index in [0.717, 1.165) is 0 Å². The van der Waals surface area contributed by atoms with Gasteiger partial charge in [0.2, 0.25) is 11.7 Å². The molecule has 0 fully saturated rings. The number of pyridine rings is 1. The fraction of sp³-hybridized carbons (Fsp3) is 0.161. The summed E-state index contributed by atoms with van der Waals surface area (Å²) in [6.45, 7) is -0.250. The summed E-state index contributed by atoms with van der Waals surface area (Å²) in [4.78, 5) is 37.8. The van der Waals surface area contributed by atoms with Crippen LogP contribution in [0.25, 0.3) is 11.3 Å². The number of aromatic nitrogens is 6. The summed E-state index contributed by atoms with van der Waals surface area (Å²) in [6, 6.07) is 16.9. The van der Waals surface area contributed by atoms with Gasteiger partial charge in [-0.05, 0) is 42.5 Å². The highest BCUT2D eigenvalue weighted by Crippen LogP contribution is 2.42. The number of nitrogens with one attached hydrogen (secondary N) is 3. The van der Waals surface area contributed by atoms with Gasteiger partial charge >= 0.3 is 6.03 Å². The third-order valence-corrected chi connectivity index (χ3v) is 7.54. The minimum Gasteiger partial charge on any atom is -0.493 e. The molecule has 2 aromatic carbocycles. The largest absolute Gasteiger partial charge is 0.493 e. The summed E-state index contributed by atoms with van der Waals surface area (Å²) in [7, 11) is 4.48. The first-order valence-corrected chi connectivity index (χ1v) is 15.3. The zero-order chi connectivity index (χ0) is 34.0. The van der Waals surface area contributed by atoms with Crippen LogP contribution >= 0.6 is 23.4 Å². The Kier molecular flexibility index (Phi) is 10.9. The molecule has 5 aromatic rings. The number of ether oxygens (including phenoxy) is 3. The molecule has 15 nitrogen and oxygen atoms in total. The highest BCUT2D eigenvalue weighted by molar-refractivity contribution is 7.98. The van der Waals surface area contributed by atoms with Crippen molar-refractivity contribution in [1.29, 1.82) is 5.26 Å². The summed E-state index contributed by atoms with van der Waals surface area (Å²) < 4.78 is 17.8. The van der Waals surface area contributed by atoms with Gasteiger partial charge in [-0.1, -0.05) is 40.7 Å². The lowest BCUT2D eigenvalue weighted by Gasteiger charge is -2.16. The fourth-order valence-electron chi connectivity index (χ4n) is 4.35. The van der Waals surface area contributed by atoms with Crippen molar-refractivity contribution >= 4 is 52.6 Å². The predicted octanol–water partition coefficient (Wildman–Crippen LogP) is 5.07. The van der Waals surface area contributed by atoms with E-state index >= 15 is 0 Å². The van der Waals surface area contributed by atoms with E-state index in [1.165, 1.54) is 44.0 Å². The first kappa shape index (κ1) is 33.4. The number of methoxy groups -OCH3 is 3. The van der Waals surface area contributed by atoms with Gasteiger partial charge in [0, 0.05) is 34.4 Å². The van der Waals surface area contributed by atoms with E-state index in [9.17, 15) is 14.9 Å². The topological polar surface area (TPSA) is 191 Å². The van der Waals surface area contributed by atoms with Crippen LogP contribution in [0.3, 0.4) is 0 Å².